The molecule has 0 aliphatic heterocycles. The molecular weight excluding hydrogens is 208 g/mol. The number of aliphatic hydroxyl groups is 1. The van der Waals surface area contributed by atoms with Crippen LogP contribution in [0, 0.1) is 11.8 Å². The van der Waals surface area contributed by atoms with Crippen molar-refractivity contribution in [2.45, 2.75) is 52.6 Å². The zero-order valence-corrected chi connectivity index (χ0v) is 11.6. The van der Waals surface area contributed by atoms with Crippen molar-refractivity contribution in [3.05, 3.63) is 35.9 Å². The van der Waals surface area contributed by atoms with Crippen LogP contribution in [0.5, 0.6) is 0 Å². The molecule has 1 heteroatoms. The van der Waals surface area contributed by atoms with Crippen molar-refractivity contribution in [3.8, 4) is 0 Å². The molecule has 1 aromatic carbocycles. The maximum atomic E-state index is 10.5. The molecular formula is C16H26O. The summed E-state index contributed by atoms with van der Waals surface area (Å²) in [6.45, 7) is 8.67. The van der Waals surface area contributed by atoms with Crippen molar-refractivity contribution in [1.82, 2.24) is 0 Å². The molecule has 0 amide bonds. The predicted octanol–water partition coefficient (Wildman–Crippen LogP) is 4.05. The SMILES string of the molecule is CC(C)CC(C)CC(C)(O)Cc1ccccc1. The molecule has 17 heavy (non-hydrogen) atoms. The minimum atomic E-state index is -0.588. The van der Waals surface area contributed by atoms with Gasteiger partial charge in [0.1, 0.15) is 0 Å². The Morgan fingerprint density at radius 1 is 1.12 bits per heavy atom. The van der Waals surface area contributed by atoms with E-state index in [0.717, 1.165) is 12.8 Å². The fraction of sp³-hybridized carbons (Fsp3) is 0.625. The van der Waals surface area contributed by atoms with Crippen LogP contribution in [0.3, 0.4) is 0 Å². The summed E-state index contributed by atoms with van der Waals surface area (Å²) in [6.07, 6.45) is 2.81. The van der Waals surface area contributed by atoms with Crippen LogP contribution >= 0.6 is 0 Å². The lowest BCUT2D eigenvalue weighted by Crippen LogP contribution is -2.30. The van der Waals surface area contributed by atoms with E-state index in [0.29, 0.717) is 11.8 Å². The Hall–Kier alpha value is -0.820. The monoisotopic (exact) mass is 234 g/mol. The highest BCUT2D eigenvalue weighted by molar-refractivity contribution is 5.16. The van der Waals surface area contributed by atoms with Gasteiger partial charge in [0.25, 0.3) is 0 Å². The van der Waals surface area contributed by atoms with Crippen molar-refractivity contribution in [3.63, 3.8) is 0 Å². The van der Waals surface area contributed by atoms with Crippen LogP contribution in [0.25, 0.3) is 0 Å². The number of benzene rings is 1. The molecule has 1 rings (SSSR count). The Morgan fingerprint density at radius 3 is 2.24 bits per heavy atom. The van der Waals surface area contributed by atoms with Crippen molar-refractivity contribution in [2.75, 3.05) is 0 Å². The van der Waals surface area contributed by atoms with E-state index in [1.165, 1.54) is 12.0 Å². The van der Waals surface area contributed by atoms with Crippen molar-refractivity contribution in [1.29, 1.82) is 0 Å². The molecule has 0 aromatic heterocycles. The first-order valence-corrected chi connectivity index (χ1v) is 6.65. The van der Waals surface area contributed by atoms with Crippen LogP contribution in [0.1, 0.15) is 46.1 Å². The van der Waals surface area contributed by atoms with Gasteiger partial charge in [-0.1, -0.05) is 51.1 Å². The second-order valence-electron chi connectivity index (χ2n) is 6.10. The van der Waals surface area contributed by atoms with Gasteiger partial charge >= 0.3 is 0 Å². The molecule has 2 unspecified atom stereocenters. The van der Waals surface area contributed by atoms with E-state index in [1.54, 1.807) is 0 Å². The largest absolute Gasteiger partial charge is 0.390 e. The van der Waals surface area contributed by atoms with Gasteiger partial charge in [0.2, 0.25) is 0 Å². The molecule has 96 valence electrons. The molecule has 0 spiro atoms. The Balaban J connectivity index is 2.51. The molecule has 1 nitrogen and oxygen atoms in total. The average Bonchev–Trinajstić information content (AvgIpc) is 2.15. The minimum Gasteiger partial charge on any atom is -0.390 e. The van der Waals surface area contributed by atoms with Crippen molar-refractivity contribution < 1.29 is 5.11 Å². The first-order chi connectivity index (χ1) is 7.89. The lowest BCUT2D eigenvalue weighted by Gasteiger charge is -2.27. The number of hydrogen-bond donors (Lipinski definition) is 1. The van der Waals surface area contributed by atoms with E-state index in [9.17, 15) is 5.11 Å². The Kier molecular flexibility index (Phi) is 5.20. The van der Waals surface area contributed by atoms with E-state index in [1.807, 2.05) is 25.1 Å². The highest BCUT2D eigenvalue weighted by Crippen LogP contribution is 2.25. The van der Waals surface area contributed by atoms with Gasteiger partial charge in [-0.05, 0) is 37.2 Å². The standard InChI is InChI=1S/C16H26O/c1-13(2)10-14(3)11-16(4,17)12-15-8-6-5-7-9-15/h5-9,13-14,17H,10-12H2,1-4H3. The summed E-state index contributed by atoms with van der Waals surface area (Å²) in [5.41, 5.74) is 0.629. The van der Waals surface area contributed by atoms with Crippen LogP contribution in [0.15, 0.2) is 30.3 Å². The lowest BCUT2D eigenvalue weighted by atomic mass is 9.84. The molecule has 0 fully saturated rings. The highest BCUT2D eigenvalue weighted by Gasteiger charge is 2.24. The van der Waals surface area contributed by atoms with E-state index < -0.39 is 5.60 Å². The molecule has 1 N–H and O–H groups in total. The Bertz CT molecular complexity index is 314. The van der Waals surface area contributed by atoms with Crippen LogP contribution in [0.2, 0.25) is 0 Å². The van der Waals surface area contributed by atoms with Crippen molar-refractivity contribution in [2.24, 2.45) is 11.8 Å². The van der Waals surface area contributed by atoms with Crippen molar-refractivity contribution >= 4 is 0 Å². The normalized spacial score (nSPS) is 16.8. The number of hydrogen-bond acceptors (Lipinski definition) is 1. The first kappa shape index (κ1) is 14.2. The molecule has 0 bridgehead atoms. The summed E-state index contributed by atoms with van der Waals surface area (Å²) < 4.78 is 0. The smallest absolute Gasteiger partial charge is 0.0662 e. The quantitative estimate of drug-likeness (QED) is 0.787. The minimum absolute atomic E-state index is 0.578. The van der Waals surface area contributed by atoms with E-state index in [-0.39, 0.29) is 0 Å². The molecule has 0 radical (unpaired) electrons. The first-order valence-electron chi connectivity index (χ1n) is 6.65. The molecule has 0 aliphatic rings. The number of rotatable bonds is 6. The maximum absolute atomic E-state index is 10.5. The van der Waals surface area contributed by atoms with Gasteiger partial charge in [0.05, 0.1) is 5.60 Å². The Labute approximate surface area is 106 Å². The van der Waals surface area contributed by atoms with Crippen LogP contribution in [-0.4, -0.2) is 10.7 Å². The van der Waals surface area contributed by atoms with E-state index in [4.69, 9.17) is 0 Å². The summed E-state index contributed by atoms with van der Waals surface area (Å²) in [5, 5.41) is 10.5. The summed E-state index contributed by atoms with van der Waals surface area (Å²) in [6, 6.07) is 10.2. The molecule has 0 heterocycles. The third-order valence-electron chi connectivity index (χ3n) is 3.09. The molecule has 1 aromatic rings. The lowest BCUT2D eigenvalue weighted by molar-refractivity contribution is 0.0336. The zero-order valence-electron chi connectivity index (χ0n) is 11.6. The van der Waals surface area contributed by atoms with Gasteiger partial charge in [-0.25, -0.2) is 0 Å². The summed E-state index contributed by atoms with van der Waals surface area (Å²) >= 11 is 0. The molecule has 0 saturated carbocycles. The van der Waals surface area contributed by atoms with Crippen LogP contribution in [-0.2, 0) is 6.42 Å². The fourth-order valence-corrected chi connectivity index (χ4v) is 2.75. The second-order valence-corrected chi connectivity index (χ2v) is 6.10. The molecule has 2 atom stereocenters. The zero-order chi connectivity index (χ0) is 12.9. The summed E-state index contributed by atoms with van der Waals surface area (Å²) in [4.78, 5) is 0. The van der Waals surface area contributed by atoms with Gasteiger partial charge < -0.3 is 5.11 Å². The van der Waals surface area contributed by atoms with Gasteiger partial charge in [0, 0.05) is 6.42 Å². The average molecular weight is 234 g/mol. The molecule has 0 saturated heterocycles. The topological polar surface area (TPSA) is 20.2 Å². The van der Waals surface area contributed by atoms with E-state index >= 15 is 0 Å². The highest BCUT2D eigenvalue weighted by atomic mass is 16.3. The fourth-order valence-electron chi connectivity index (χ4n) is 2.75. The van der Waals surface area contributed by atoms with Gasteiger partial charge in [-0.15, -0.1) is 0 Å². The predicted molar refractivity (Wildman–Crippen MR) is 74.0 cm³/mol. The summed E-state index contributed by atoms with van der Waals surface area (Å²) in [5.74, 6) is 1.28. The van der Waals surface area contributed by atoms with Crippen LogP contribution < -0.4 is 0 Å². The maximum Gasteiger partial charge on any atom is 0.0662 e. The van der Waals surface area contributed by atoms with Crippen LogP contribution in [0.4, 0.5) is 0 Å². The Morgan fingerprint density at radius 2 is 1.71 bits per heavy atom. The van der Waals surface area contributed by atoms with Gasteiger partial charge in [-0.2, -0.15) is 0 Å². The summed E-state index contributed by atoms with van der Waals surface area (Å²) in [7, 11) is 0. The van der Waals surface area contributed by atoms with E-state index in [2.05, 4.69) is 32.9 Å². The second kappa shape index (κ2) is 6.20. The van der Waals surface area contributed by atoms with Gasteiger partial charge in [-0.3, -0.25) is 0 Å². The third-order valence-corrected chi connectivity index (χ3v) is 3.09. The third kappa shape index (κ3) is 5.88. The molecule has 0 aliphatic carbocycles. The van der Waals surface area contributed by atoms with Gasteiger partial charge in [0.15, 0.2) is 0 Å².